The van der Waals surface area contributed by atoms with Crippen molar-refractivity contribution >= 4 is 5.82 Å². The van der Waals surface area contributed by atoms with Crippen LogP contribution in [0, 0.1) is 17.8 Å². The Morgan fingerprint density at radius 3 is 2.94 bits per heavy atom. The van der Waals surface area contributed by atoms with E-state index in [0.29, 0.717) is 12.0 Å². The van der Waals surface area contributed by atoms with E-state index < -0.39 is 0 Å². The van der Waals surface area contributed by atoms with Crippen molar-refractivity contribution in [2.24, 2.45) is 30.5 Å². The normalized spacial score (nSPS) is 36.9. The predicted octanol–water partition coefficient (Wildman–Crippen LogP) is 1.21. The first-order valence-electron chi connectivity index (χ1n) is 6.23. The van der Waals surface area contributed by atoms with Gasteiger partial charge >= 0.3 is 0 Å². The Balaban J connectivity index is 1.62. The molecule has 0 radical (unpaired) electrons. The fraction of sp³-hybridized carbons (Fsp3) is 0.750. The maximum absolute atomic E-state index is 6.28. The van der Waals surface area contributed by atoms with E-state index in [0.717, 1.165) is 24.2 Å². The number of nitrogens with two attached hydrogens (primary N) is 1. The van der Waals surface area contributed by atoms with Crippen molar-refractivity contribution in [2.45, 2.75) is 25.3 Å². The third-order valence-corrected chi connectivity index (χ3v) is 4.50. The van der Waals surface area contributed by atoms with Gasteiger partial charge in [-0.1, -0.05) is 0 Å². The van der Waals surface area contributed by atoms with Gasteiger partial charge in [-0.15, -0.1) is 0 Å². The molecule has 0 aliphatic heterocycles. The lowest BCUT2D eigenvalue weighted by Crippen LogP contribution is -2.39. The molecule has 16 heavy (non-hydrogen) atoms. The van der Waals surface area contributed by atoms with Gasteiger partial charge in [0.15, 0.2) is 0 Å². The van der Waals surface area contributed by atoms with Crippen molar-refractivity contribution in [1.29, 1.82) is 0 Å². The molecule has 1 aromatic rings. The lowest BCUT2D eigenvalue weighted by atomic mass is 9.85. The fourth-order valence-corrected chi connectivity index (χ4v) is 3.53. The number of hydrogen-bond donors (Lipinski definition) is 2. The van der Waals surface area contributed by atoms with Crippen molar-refractivity contribution in [3.63, 3.8) is 0 Å². The van der Waals surface area contributed by atoms with Gasteiger partial charge in [-0.05, 0) is 37.0 Å². The van der Waals surface area contributed by atoms with Crippen LogP contribution in [-0.2, 0) is 7.05 Å². The number of rotatable bonds is 3. The molecule has 4 heteroatoms. The molecule has 1 heterocycles. The van der Waals surface area contributed by atoms with Gasteiger partial charge in [0.2, 0.25) is 0 Å². The van der Waals surface area contributed by atoms with E-state index in [-0.39, 0.29) is 0 Å². The smallest absolute Gasteiger partial charge is 0.123 e. The van der Waals surface area contributed by atoms with Gasteiger partial charge in [0.05, 0.1) is 6.20 Å². The number of nitrogens with one attached hydrogen (secondary N) is 1. The standard InChI is InChI=1S/C12H20N4/c1-16-11(4-5-15-16)14-7-10-8-2-3-9(6-8)12(10)13/h4-5,8-10,12,14H,2-3,6-7,13H2,1H3. The number of hydrogen-bond acceptors (Lipinski definition) is 3. The number of anilines is 1. The third kappa shape index (κ3) is 1.52. The highest BCUT2D eigenvalue weighted by atomic mass is 15.3. The minimum Gasteiger partial charge on any atom is -0.370 e. The van der Waals surface area contributed by atoms with Crippen LogP contribution in [-0.4, -0.2) is 22.4 Å². The van der Waals surface area contributed by atoms with E-state index in [4.69, 9.17) is 5.73 Å². The second kappa shape index (κ2) is 3.77. The molecule has 2 aliphatic carbocycles. The quantitative estimate of drug-likeness (QED) is 0.805. The van der Waals surface area contributed by atoms with Crippen LogP contribution in [0.25, 0.3) is 0 Å². The molecule has 1 aromatic heterocycles. The van der Waals surface area contributed by atoms with Crippen LogP contribution in [0.15, 0.2) is 12.3 Å². The van der Waals surface area contributed by atoms with Crippen LogP contribution in [0.1, 0.15) is 19.3 Å². The zero-order valence-corrected chi connectivity index (χ0v) is 9.76. The summed E-state index contributed by atoms with van der Waals surface area (Å²) in [5.41, 5.74) is 6.28. The first-order valence-corrected chi connectivity index (χ1v) is 6.23. The van der Waals surface area contributed by atoms with Crippen LogP contribution >= 0.6 is 0 Å². The van der Waals surface area contributed by atoms with E-state index in [1.807, 2.05) is 24.0 Å². The highest BCUT2D eigenvalue weighted by Gasteiger charge is 2.45. The Morgan fingerprint density at radius 2 is 2.31 bits per heavy atom. The second-order valence-corrected chi connectivity index (χ2v) is 5.30. The second-order valence-electron chi connectivity index (χ2n) is 5.30. The Kier molecular flexibility index (Phi) is 2.39. The minimum atomic E-state index is 0.416. The van der Waals surface area contributed by atoms with Crippen LogP contribution < -0.4 is 11.1 Å². The lowest BCUT2D eigenvalue weighted by molar-refractivity contribution is 0.302. The molecule has 3 rings (SSSR count). The highest BCUT2D eigenvalue weighted by molar-refractivity contribution is 5.33. The Bertz CT molecular complexity index is 371. The minimum absolute atomic E-state index is 0.416. The van der Waals surface area contributed by atoms with Crippen LogP contribution in [0.3, 0.4) is 0 Å². The Morgan fingerprint density at radius 1 is 1.50 bits per heavy atom. The summed E-state index contributed by atoms with van der Waals surface area (Å²) in [6.07, 6.45) is 5.92. The molecule has 2 aliphatic rings. The summed E-state index contributed by atoms with van der Waals surface area (Å²) in [6.45, 7) is 1.00. The molecule has 2 fully saturated rings. The SMILES string of the molecule is Cn1nccc1NCC1C2CCC(C2)C1N. The summed E-state index contributed by atoms with van der Waals surface area (Å²) in [7, 11) is 1.96. The summed E-state index contributed by atoms with van der Waals surface area (Å²) in [6, 6.07) is 2.43. The van der Waals surface area contributed by atoms with E-state index in [2.05, 4.69) is 10.4 Å². The summed E-state index contributed by atoms with van der Waals surface area (Å²) >= 11 is 0. The van der Waals surface area contributed by atoms with E-state index in [1.165, 1.54) is 19.3 Å². The number of aromatic nitrogens is 2. The molecular weight excluding hydrogens is 200 g/mol. The van der Waals surface area contributed by atoms with Crippen molar-refractivity contribution in [1.82, 2.24) is 9.78 Å². The van der Waals surface area contributed by atoms with Gasteiger partial charge in [0.1, 0.15) is 5.82 Å². The van der Waals surface area contributed by atoms with Crippen molar-refractivity contribution < 1.29 is 0 Å². The molecule has 88 valence electrons. The largest absolute Gasteiger partial charge is 0.370 e. The maximum atomic E-state index is 6.28. The predicted molar refractivity (Wildman–Crippen MR) is 64.0 cm³/mol. The van der Waals surface area contributed by atoms with Crippen molar-refractivity contribution in [3.05, 3.63) is 12.3 Å². The van der Waals surface area contributed by atoms with Crippen molar-refractivity contribution in [3.8, 4) is 0 Å². The zero-order chi connectivity index (χ0) is 11.1. The molecule has 0 saturated heterocycles. The van der Waals surface area contributed by atoms with Gasteiger partial charge in [-0.25, -0.2) is 0 Å². The summed E-state index contributed by atoms with van der Waals surface area (Å²) in [5, 5.41) is 7.62. The molecular formula is C12H20N4. The van der Waals surface area contributed by atoms with Gasteiger partial charge < -0.3 is 11.1 Å². The van der Waals surface area contributed by atoms with Crippen LogP contribution in [0.4, 0.5) is 5.82 Å². The molecule has 0 spiro atoms. The molecule has 4 atom stereocenters. The zero-order valence-electron chi connectivity index (χ0n) is 9.76. The average Bonchev–Trinajstić information content (AvgIpc) is 2.93. The average molecular weight is 220 g/mol. The van der Waals surface area contributed by atoms with Gasteiger partial charge in [0, 0.05) is 25.7 Å². The summed E-state index contributed by atoms with van der Waals surface area (Å²) in [5.74, 6) is 3.41. The molecule has 0 aromatic carbocycles. The van der Waals surface area contributed by atoms with Crippen molar-refractivity contribution in [2.75, 3.05) is 11.9 Å². The lowest BCUT2D eigenvalue weighted by Gasteiger charge is -2.28. The highest BCUT2D eigenvalue weighted by Crippen LogP contribution is 2.47. The molecule has 2 bridgehead atoms. The molecule has 3 N–H and O–H groups in total. The molecule has 4 nitrogen and oxygen atoms in total. The number of nitrogens with zero attached hydrogens (tertiary/aromatic N) is 2. The first-order chi connectivity index (χ1) is 7.75. The van der Waals surface area contributed by atoms with E-state index in [1.54, 1.807) is 0 Å². The third-order valence-electron chi connectivity index (χ3n) is 4.50. The number of fused-ring (bicyclic) bond motifs is 2. The monoisotopic (exact) mass is 220 g/mol. The Labute approximate surface area is 96.2 Å². The summed E-state index contributed by atoms with van der Waals surface area (Å²) < 4.78 is 1.87. The van der Waals surface area contributed by atoms with E-state index >= 15 is 0 Å². The molecule has 0 amide bonds. The maximum Gasteiger partial charge on any atom is 0.123 e. The van der Waals surface area contributed by atoms with Gasteiger partial charge in [-0.2, -0.15) is 5.10 Å². The first kappa shape index (κ1) is 10.1. The molecule has 2 saturated carbocycles. The fourth-order valence-electron chi connectivity index (χ4n) is 3.53. The van der Waals surface area contributed by atoms with Gasteiger partial charge in [-0.3, -0.25) is 4.68 Å². The Hall–Kier alpha value is -1.03. The topological polar surface area (TPSA) is 55.9 Å². The van der Waals surface area contributed by atoms with Crippen LogP contribution in [0.2, 0.25) is 0 Å². The van der Waals surface area contributed by atoms with Crippen LogP contribution in [0.5, 0.6) is 0 Å². The van der Waals surface area contributed by atoms with E-state index in [9.17, 15) is 0 Å². The number of aryl methyl sites for hydroxylation is 1. The molecule has 4 unspecified atom stereocenters. The van der Waals surface area contributed by atoms with Gasteiger partial charge in [0.25, 0.3) is 0 Å². The summed E-state index contributed by atoms with van der Waals surface area (Å²) in [4.78, 5) is 0.